The van der Waals surface area contributed by atoms with Crippen molar-refractivity contribution in [1.29, 1.82) is 0 Å². The lowest BCUT2D eigenvalue weighted by atomic mass is 10.0. The van der Waals surface area contributed by atoms with Crippen LogP contribution in [0.25, 0.3) is 0 Å². The molecule has 27 heavy (non-hydrogen) atoms. The number of nitrogens with two attached hydrogens (primary N) is 1. The minimum absolute atomic E-state index is 0.176. The standard InChI is InChI=1S/C19H22FN3O2S2/c1-11(2)23-8-7-14-15(9-23)27-19(17(14)18(21)25)22-16(24)10-26-13-5-3-12(20)4-6-13/h3-6,11H,7-10H2,1-2H3,(H2,21,25)(H,22,24)/p+1. The Morgan fingerprint density at radius 2 is 2.04 bits per heavy atom. The number of amides is 2. The van der Waals surface area contributed by atoms with Gasteiger partial charge >= 0.3 is 0 Å². The lowest BCUT2D eigenvalue weighted by Gasteiger charge is -2.27. The minimum atomic E-state index is -0.498. The summed E-state index contributed by atoms with van der Waals surface area (Å²) < 4.78 is 13.0. The molecule has 1 aromatic heterocycles. The number of carbonyl (C=O) groups excluding carboxylic acids is 2. The Morgan fingerprint density at radius 3 is 2.67 bits per heavy atom. The predicted molar refractivity (Wildman–Crippen MR) is 107 cm³/mol. The van der Waals surface area contributed by atoms with E-state index in [-0.39, 0.29) is 17.5 Å². The van der Waals surface area contributed by atoms with Gasteiger partial charge in [-0.15, -0.1) is 23.1 Å². The van der Waals surface area contributed by atoms with E-state index >= 15 is 0 Å². The fraction of sp³-hybridized carbons (Fsp3) is 0.368. The van der Waals surface area contributed by atoms with Crippen molar-refractivity contribution in [1.82, 2.24) is 0 Å². The minimum Gasteiger partial charge on any atom is -0.365 e. The maximum atomic E-state index is 13.0. The molecule has 0 aliphatic carbocycles. The number of fused-ring (bicyclic) bond motifs is 1. The molecule has 1 atom stereocenters. The molecule has 2 aromatic rings. The van der Waals surface area contributed by atoms with E-state index in [0.717, 1.165) is 34.8 Å². The first-order valence-electron chi connectivity index (χ1n) is 8.82. The van der Waals surface area contributed by atoms with Gasteiger partial charge in [-0.05, 0) is 43.7 Å². The van der Waals surface area contributed by atoms with Crippen molar-refractivity contribution >= 4 is 39.9 Å². The molecule has 8 heteroatoms. The molecule has 4 N–H and O–H groups in total. The highest BCUT2D eigenvalue weighted by atomic mass is 32.2. The van der Waals surface area contributed by atoms with Crippen molar-refractivity contribution in [3.05, 3.63) is 46.1 Å². The quantitative estimate of drug-likeness (QED) is 0.641. The number of rotatable bonds is 6. The highest BCUT2D eigenvalue weighted by Gasteiger charge is 2.30. The number of hydrogen-bond donors (Lipinski definition) is 3. The third-order valence-electron chi connectivity index (χ3n) is 4.67. The van der Waals surface area contributed by atoms with Crippen LogP contribution >= 0.6 is 23.1 Å². The highest BCUT2D eigenvalue weighted by molar-refractivity contribution is 8.00. The van der Waals surface area contributed by atoms with Gasteiger partial charge in [0.05, 0.1) is 28.8 Å². The van der Waals surface area contributed by atoms with Gasteiger partial charge in [0.2, 0.25) is 5.91 Å². The summed E-state index contributed by atoms with van der Waals surface area (Å²) in [5, 5.41) is 3.39. The van der Waals surface area contributed by atoms with Gasteiger partial charge in [-0.1, -0.05) is 0 Å². The van der Waals surface area contributed by atoms with Crippen LogP contribution in [0, 0.1) is 5.82 Å². The lowest BCUT2D eigenvalue weighted by molar-refractivity contribution is -0.936. The van der Waals surface area contributed by atoms with E-state index in [0.29, 0.717) is 16.6 Å². The summed E-state index contributed by atoms with van der Waals surface area (Å²) >= 11 is 2.77. The van der Waals surface area contributed by atoms with Crippen LogP contribution in [0.15, 0.2) is 29.2 Å². The maximum absolute atomic E-state index is 13.0. The fourth-order valence-corrected chi connectivity index (χ4v) is 5.20. The Hall–Kier alpha value is -1.90. The number of quaternary nitrogens is 1. The highest BCUT2D eigenvalue weighted by Crippen LogP contribution is 2.34. The Kier molecular flexibility index (Phi) is 6.18. The maximum Gasteiger partial charge on any atom is 0.252 e. The molecule has 1 aliphatic rings. The topological polar surface area (TPSA) is 76.6 Å². The van der Waals surface area contributed by atoms with Gasteiger partial charge in [0.1, 0.15) is 17.4 Å². The van der Waals surface area contributed by atoms with Gasteiger partial charge < -0.3 is 16.0 Å². The monoisotopic (exact) mass is 408 g/mol. The van der Waals surface area contributed by atoms with Crippen LogP contribution in [0.5, 0.6) is 0 Å². The SMILES string of the molecule is CC(C)[NH+]1CCc2c(sc(NC(=O)CSc3ccc(F)cc3)c2C(N)=O)C1. The van der Waals surface area contributed by atoms with Gasteiger partial charge in [-0.25, -0.2) is 4.39 Å². The third-order valence-corrected chi connectivity index (χ3v) is 6.83. The number of nitrogens with one attached hydrogen (secondary N) is 2. The smallest absolute Gasteiger partial charge is 0.252 e. The molecule has 2 amide bonds. The molecule has 0 bridgehead atoms. The van der Waals surface area contributed by atoms with Gasteiger partial charge in [0.25, 0.3) is 5.91 Å². The summed E-state index contributed by atoms with van der Waals surface area (Å²) in [6.45, 7) is 6.16. The number of halogens is 1. The molecule has 5 nitrogen and oxygen atoms in total. The molecular weight excluding hydrogens is 385 g/mol. The molecule has 2 heterocycles. The van der Waals surface area contributed by atoms with Crippen molar-refractivity contribution in [2.24, 2.45) is 5.73 Å². The zero-order valence-electron chi connectivity index (χ0n) is 15.3. The van der Waals surface area contributed by atoms with E-state index in [1.165, 1.54) is 40.1 Å². The summed E-state index contributed by atoms with van der Waals surface area (Å²) in [7, 11) is 0. The van der Waals surface area contributed by atoms with Crippen molar-refractivity contribution in [2.75, 3.05) is 17.6 Å². The molecule has 144 valence electrons. The lowest BCUT2D eigenvalue weighted by Crippen LogP contribution is -3.14. The van der Waals surface area contributed by atoms with Crippen LogP contribution in [0.4, 0.5) is 9.39 Å². The molecule has 1 aliphatic heterocycles. The molecule has 0 saturated carbocycles. The Bertz CT molecular complexity index is 849. The second-order valence-electron chi connectivity index (χ2n) is 6.85. The normalized spacial score (nSPS) is 16.2. The molecule has 0 fully saturated rings. The second kappa shape index (κ2) is 8.41. The Labute approximate surface area is 166 Å². The second-order valence-corrected chi connectivity index (χ2v) is 9.01. The molecule has 0 saturated heterocycles. The zero-order valence-corrected chi connectivity index (χ0v) is 16.9. The number of thiophene rings is 1. The molecule has 1 aromatic carbocycles. The first kappa shape index (κ1) is 19.9. The summed E-state index contributed by atoms with van der Waals surface area (Å²) in [4.78, 5) is 27.7. The summed E-state index contributed by atoms with van der Waals surface area (Å²) in [6.07, 6.45) is 0.790. The van der Waals surface area contributed by atoms with E-state index < -0.39 is 5.91 Å². The van der Waals surface area contributed by atoms with E-state index in [9.17, 15) is 14.0 Å². The molecule has 3 rings (SSSR count). The average molecular weight is 409 g/mol. The average Bonchev–Trinajstić information content (AvgIpc) is 2.98. The first-order valence-corrected chi connectivity index (χ1v) is 10.6. The number of thioether (sulfide) groups is 1. The largest absolute Gasteiger partial charge is 0.365 e. The number of carbonyl (C=O) groups is 2. The Balaban J connectivity index is 1.71. The van der Waals surface area contributed by atoms with Crippen LogP contribution in [-0.2, 0) is 17.8 Å². The van der Waals surface area contributed by atoms with Crippen molar-refractivity contribution < 1.29 is 18.9 Å². The van der Waals surface area contributed by atoms with E-state index in [1.807, 2.05) is 0 Å². The summed E-state index contributed by atoms with van der Waals surface area (Å²) in [6, 6.07) is 6.50. The molecule has 0 spiro atoms. The van der Waals surface area contributed by atoms with E-state index in [2.05, 4.69) is 19.2 Å². The van der Waals surface area contributed by atoms with Crippen LogP contribution in [-0.4, -0.2) is 30.2 Å². The van der Waals surface area contributed by atoms with Crippen LogP contribution in [0.2, 0.25) is 0 Å². The predicted octanol–water partition coefficient (Wildman–Crippen LogP) is 2.07. The van der Waals surface area contributed by atoms with Crippen molar-refractivity contribution in [2.45, 2.75) is 37.8 Å². The number of hydrogen-bond acceptors (Lipinski definition) is 4. The van der Waals surface area contributed by atoms with Crippen LogP contribution < -0.4 is 16.0 Å². The number of primary amides is 1. The van der Waals surface area contributed by atoms with Crippen molar-refractivity contribution in [3.8, 4) is 0 Å². The molecular formula is C19H23FN3O2S2+. The van der Waals surface area contributed by atoms with Gasteiger partial charge in [0.15, 0.2) is 0 Å². The number of benzene rings is 1. The fourth-order valence-electron chi connectivity index (χ4n) is 3.18. The number of anilines is 1. The Morgan fingerprint density at radius 1 is 1.33 bits per heavy atom. The van der Waals surface area contributed by atoms with Gasteiger partial charge in [-0.3, -0.25) is 9.59 Å². The molecule has 1 unspecified atom stereocenters. The van der Waals surface area contributed by atoms with Crippen LogP contribution in [0.3, 0.4) is 0 Å². The van der Waals surface area contributed by atoms with Crippen LogP contribution in [0.1, 0.15) is 34.6 Å². The molecule has 0 radical (unpaired) electrons. The van der Waals surface area contributed by atoms with E-state index in [4.69, 9.17) is 5.73 Å². The zero-order chi connectivity index (χ0) is 19.6. The summed E-state index contributed by atoms with van der Waals surface area (Å²) in [5.74, 6) is -0.840. The van der Waals surface area contributed by atoms with Gasteiger partial charge in [-0.2, -0.15) is 0 Å². The van der Waals surface area contributed by atoms with E-state index in [1.54, 1.807) is 12.1 Å². The summed E-state index contributed by atoms with van der Waals surface area (Å²) in [5.41, 5.74) is 7.04. The van der Waals surface area contributed by atoms with Crippen molar-refractivity contribution in [3.63, 3.8) is 0 Å². The third kappa shape index (κ3) is 4.69. The van der Waals surface area contributed by atoms with Gasteiger partial charge in [0, 0.05) is 11.3 Å². The first-order chi connectivity index (χ1) is 12.8.